The number of halogens is 2. The molecule has 5 rings (SSSR count). The van der Waals surface area contributed by atoms with Crippen LogP contribution in [0, 0.1) is 11.6 Å². The minimum Gasteiger partial charge on any atom is -0.379 e. The average molecular weight is 489 g/mol. The van der Waals surface area contributed by atoms with Crippen molar-refractivity contribution >= 4 is 37.7 Å². The second-order valence-corrected chi connectivity index (χ2v) is 10.2. The maximum absolute atomic E-state index is 14.9. The number of carbonyl (C=O) groups is 1. The zero-order valence-electron chi connectivity index (χ0n) is 18.4. The van der Waals surface area contributed by atoms with E-state index in [2.05, 4.69) is 4.98 Å². The molecule has 0 unspecified atom stereocenters. The van der Waals surface area contributed by atoms with Gasteiger partial charge in [-0.1, -0.05) is 12.1 Å². The van der Waals surface area contributed by atoms with Gasteiger partial charge in [-0.3, -0.25) is 9.69 Å². The summed E-state index contributed by atoms with van der Waals surface area (Å²) in [4.78, 5) is 19.7. The van der Waals surface area contributed by atoms with E-state index in [0.717, 1.165) is 16.2 Å². The monoisotopic (exact) mass is 488 g/mol. The van der Waals surface area contributed by atoms with E-state index in [0.29, 0.717) is 37.3 Å². The summed E-state index contributed by atoms with van der Waals surface area (Å²) in [7, 11) is -2.41. The Labute approximate surface area is 194 Å². The number of hydrogen-bond acceptors (Lipinski definition) is 6. The average Bonchev–Trinajstić information content (AvgIpc) is 3.38. The number of benzene rings is 2. The van der Waals surface area contributed by atoms with E-state index < -0.39 is 27.4 Å². The van der Waals surface area contributed by atoms with E-state index in [1.807, 2.05) is 4.90 Å². The summed E-state index contributed by atoms with van der Waals surface area (Å²) in [5, 5.41) is 0.165. The van der Waals surface area contributed by atoms with Crippen molar-refractivity contribution in [3.05, 3.63) is 65.6 Å². The van der Waals surface area contributed by atoms with Crippen molar-refractivity contribution in [1.82, 2.24) is 18.4 Å². The molecular weight excluding hydrogens is 466 g/mol. The van der Waals surface area contributed by atoms with Gasteiger partial charge < -0.3 is 9.30 Å². The third-order valence-electron chi connectivity index (χ3n) is 6.10. The lowest BCUT2D eigenvalue weighted by atomic mass is 10.1. The number of imidazole rings is 1. The van der Waals surface area contributed by atoms with Gasteiger partial charge in [-0.25, -0.2) is 26.2 Å². The highest BCUT2D eigenvalue weighted by molar-refractivity contribution is 7.90. The van der Waals surface area contributed by atoms with E-state index >= 15 is 0 Å². The lowest BCUT2D eigenvalue weighted by Gasteiger charge is -2.26. The molecule has 1 aliphatic heterocycles. The first kappa shape index (κ1) is 22.6. The molecule has 0 spiro atoms. The van der Waals surface area contributed by atoms with Crippen LogP contribution in [-0.4, -0.2) is 71.2 Å². The van der Waals surface area contributed by atoms with Crippen LogP contribution >= 0.6 is 0 Å². The molecule has 178 valence electrons. The molecule has 8 nitrogen and oxygen atoms in total. The summed E-state index contributed by atoms with van der Waals surface area (Å²) in [6, 6.07) is 8.04. The molecule has 2 aromatic heterocycles. The molecular formula is C23H22F2N4O4S. The highest BCUT2D eigenvalue weighted by Crippen LogP contribution is 2.28. The first-order valence-corrected chi connectivity index (χ1v) is 12.4. The molecule has 0 saturated carbocycles. The summed E-state index contributed by atoms with van der Waals surface area (Å²) in [5.41, 5.74) is 0.651. The minimum atomic E-state index is -3.98. The summed E-state index contributed by atoms with van der Waals surface area (Å²) in [6.07, 6.45) is 1.16. The standard InChI is InChI=1S/C23H22F2N4O4S/c1-27-20-13-15(24)5-6-19(20)26-23(27)22(30)17-14-29(21-16(17)3-2-4-18(21)25)34(31,32)12-9-28-7-10-33-11-8-28/h2-6,13-14H,7-12H2,1H3. The van der Waals surface area contributed by atoms with Crippen LogP contribution in [-0.2, 0) is 21.8 Å². The van der Waals surface area contributed by atoms with Gasteiger partial charge in [-0.15, -0.1) is 0 Å². The van der Waals surface area contributed by atoms with Crippen LogP contribution < -0.4 is 0 Å². The van der Waals surface area contributed by atoms with Crippen molar-refractivity contribution in [2.24, 2.45) is 7.05 Å². The molecule has 11 heteroatoms. The number of ketones is 1. The van der Waals surface area contributed by atoms with Gasteiger partial charge in [0.05, 0.1) is 35.6 Å². The Bertz CT molecular complexity index is 1520. The van der Waals surface area contributed by atoms with Crippen LogP contribution in [0.25, 0.3) is 21.9 Å². The number of fused-ring (bicyclic) bond motifs is 2. The van der Waals surface area contributed by atoms with Crippen LogP contribution in [0.2, 0.25) is 0 Å². The Morgan fingerprint density at radius 3 is 2.68 bits per heavy atom. The predicted molar refractivity (Wildman–Crippen MR) is 122 cm³/mol. The fourth-order valence-electron chi connectivity index (χ4n) is 4.26. The van der Waals surface area contributed by atoms with E-state index in [-0.39, 0.29) is 34.6 Å². The first-order chi connectivity index (χ1) is 16.3. The fourth-order valence-corrected chi connectivity index (χ4v) is 5.68. The van der Waals surface area contributed by atoms with Crippen molar-refractivity contribution in [2.45, 2.75) is 0 Å². The smallest absolute Gasteiger partial charge is 0.240 e. The predicted octanol–water partition coefficient (Wildman–Crippen LogP) is 2.55. The third-order valence-corrected chi connectivity index (χ3v) is 7.69. The molecule has 0 radical (unpaired) electrons. The Morgan fingerprint density at radius 2 is 1.91 bits per heavy atom. The molecule has 0 aliphatic carbocycles. The number of carbonyl (C=O) groups excluding carboxylic acids is 1. The van der Waals surface area contributed by atoms with Crippen molar-refractivity contribution in [3.63, 3.8) is 0 Å². The highest BCUT2D eigenvalue weighted by atomic mass is 32.2. The summed E-state index contributed by atoms with van der Waals surface area (Å²) in [6.45, 7) is 2.56. The summed E-state index contributed by atoms with van der Waals surface area (Å²) < 4.78 is 62.6. The number of hydrogen-bond donors (Lipinski definition) is 0. The molecule has 0 bridgehead atoms. The molecule has 1 aliphatic rings. The highest BCUT2D eigenvalue weighted by Gasteiger charge is 2.27. The Hall–Kier alpha value is -3.15. The van der Waals surface area contributed by atoms with Crippen LogP contribution in [0.5, 0.6) is 0 Å². The van der Waals surface area contributed by atoms with Gasteiger partial charge >= 0.3 is 0 Å². The number of nitrogens with zero attached hydrogens (tertiary/aromatic N) is 4. The third kappa shape index (κ3) is 3.89. The Morgan fingerprint density at radius 1 is 1.15 bits per heavy atom. The second-order valence-electron chi connectivity index (χ2n) is 8.20. The maximum Gasteiger partial charge on any atom is 0.240 e. The van der Waals surface area contributed by atoms with E-state index in [4.69, 9.17) is 4.74 Å². The summed E-state index contributed by atoms with van der Waals surface area (Å²) >= 11 is 0. The fraction of sp³-hybridized carbons (Fsp3) is 0.304. The second kappa shape index (κ2) is 8.57. The number of ether oxygens (including phenoxy) is 1. The van der Waals surface area contributed by atoms with Gasteiger partial charge in [0, 0.05) is 38.3 Å². The Kier molecular flexibility index (Phi) is 5.70. The van der Waals surface area contributed by atoms with Gasteiger partial charge in [0.2, 0.25) is 15.8 Å². The minimum absolute atomic E-state index is 0.00308. The summed E-state index contributed by atoms with van der Waals surface area (Å²) in [5.74, 6) is -2.06. The van der Waals surface area contributed by atoms with Crippen LogP contribution in [0.4, 0.5) is 8.78 Å². The maximum atomic E-state index is 14.9. The van der Waals surface area contributed by atoms with Crippen molar-refractivity contribution in [3.8, 4) is 0 Å². The van der Waals surface area contributed by atoms with Crippen LogP contribution in [0.1, 0.15) is 16.2 Å². The van der Waals surface area contributed by atoms with E-state index in [9.17, 15) is 22.0 Å². The SMILES string of the molecule is Cn1c(C(=O)c2cn(S(=O)(=O)CCN3CCOCC3)c3c(F)cccc23)nc2ccc(F)cc21. The van der Waals surface area contributed by atoms with Crippen LogP contribution in [0.3, 0.4) is 0 Å². The zero-order chi connectivity index (χ0) is 24.0. The molecule has 0 amide bonds. The molecule has 0 atom stereocenters. The first-order valence-electron chi connectivity index (χ1n) is 10.8. The van der Waals surface area contributed by atoms with E-state index in [1.165, 1.54) is 34.9 Å². The van der Waals surface area contributed by atoms with Gasteiger partial charge in [0.15, 0.2) is 5.82 Å². The lowest BCUT2D eigenvalue weighted by Crippen LogP contribution is -2.39. The molecule has 4 aromatic rings. The number of morpholine rings is 1. The van der Waals surface area contributed by atoms with Gasteiger partial charge in [0.25, 0.3) is 0 Å². The van der Waals surface area contributed by atoms with Gasteiger partial charge in [-0.2, -0.15) is 0 Å². The molecule has 1 fully saturated rings. The van der Waals surface area contributed by atoms with Crippen LogP contribution in [0.15, 0.2) is 42.6 Å². The number of para-hydroxylation sites is 1. The molecule has 3 heterocycles. The number of aryl methyl sites for hydroxylation is 1. The molecule has 0 N–H and O–H groups in total. The molecule has 2 aromatic carbocycles. The van der Waals surface area contributed by atoms with Gasteiger partial charge in [-0.05, 0) is 24.3 Å². The number of aromatic nitrogens is 3. The van der Waals surface area contributed by atoms with Crippen molar-refractivity contribution in [2.75, 3.05) is 38.6 Å². The van der Waals surface area contributed by atoms with Crippen molar-refractivity contribution in [1.29, 1.82) is 0 Å². The number of rotatable bonds is 6. The Balaban J connectivity index is 1.57. The molecule has 34 heavy (non-hydrogen) atoms. The largest absolute Gasteiger partial charge is 0.379 e. The normalized spacial score (nSPS) is 15.4. The molecule has 1 saturated heterocycles. The van der Waals surface area contributed by atoms with Gasteiger partial charge in [0.1, 0.15) is 17.2 Å². The van der Waals surface area contributed by atoms with Crippen molar-refractivity contribution < 1.29 is 26.7 Å². The quantitative estimate of drug-likeness (QED) is 0.388. The zero-order valence-corrected chi connectivity index (χ0v) is 19.2. The topological polar surface area (TPSA) is 86.4 Å². The lowest BCUT2D eigenvalue weighted by molar-refractivity contribution is 0.0408. The van der Waals surface area contributed by atoms with E-state index in [1.54, 1.807) is 7.05 Å².